The minimum Gasteiger partial charge on any atom is -0.452 e. The Bertz CT molecular complexity index is 933. The van der Waals surface area contributed by atoms with E-state index in [9.17, 15) is 14.4 Å². The molecule has 1 heterocycles. The van der Waals surface area contributed by atoms with Gasteiger partial charge < -0.3 is 25.0 Å². The van der Waals surface area contributed by atoms with Crippen molar-refractivity contribution in [3.05, 3.63) is 54.1 Å². The Morgan fingerprint density at radius 3 is 2.16 bits per heavy atom. The molecule has 1 saturated heterocycles. The van der Waals surface area contributed by atoms with Gasteiger partial charge in [-0.25, -0.2) is 4.79 Å². The summed E-state index contributed by atoms with van der Waals surface area (Å²) in [6.07, 6.45) is 1.85. The molecule has 2 aromatic carbocycles. The van der Waals surface area contributed by atoms with Gasteiger partial charge >= 0.3 is 5.97 Å². The number of amides is 2. The average Bonchev–Trinajstić information content (AvgIpc) is 3.65. The highest BCUT2D eigenvalue weighted by atomic mass is 16.5. The standard InChI is InChI=1S/C23H25N3O5/c27-21(24-18-7-9-20(10-8-18)26-11-13-30-14-12-26)15-31-23(29)17-3-5-19(6-4-17)25-22(28)16-1-2-16/h3-10,16H,1-2,11-15H2,(H,24,27)(H,25,28). The van der Waals surface area contributed by atoms with Gasteiger partial charge in [0, 0.05) is 36.1 Å². The molecule has 0 atom stereocenters. The van der Waals surface area contributed by atoms with Crippen LogP contribution in [0.4, 0.5) is 17.1 Å². The van der Waals surface area contributed by atoms with Crippen LogP contribution in [0.2, 0.25) is 0 Å². The SMILES string of the molecule is O=C(COC(=O)c1ccc(NC(=O)C2CC2)cc1)Nc1ccc(N2CCOCC2)cc1. The molecule has 2 aliphatic rings. The van der Waals surface area contributed by atoms with Crippen molar-refractivity contribution in [2.45, 2.75) is 12.8 Å². The number of hydrogen-bond acceptors (Lipinski definition) is 6. The summed E-state index contributed by atoms with van der Waals surface area (Å²) in [6, 6.07) is 13.9. The number of benzene rings is 2. The smallest absolute Gasteiger partial charge is 0.338 e. The molecule has 1 aliphatic carbocycles. The van der Waals surface area contributed by atoms with E-state index in [1.807, 2.05) is 24.3 Å². The van der Waals surface area contributed by atoms with Gasteiger partial charge in [-0.1, -0.05) is 0 Å². The van der Waals surface area contributed by atoms with Crippen LogP contribution in [-0.4, -0.2) is 50.7 Å². The molecule has 8 nitrogen and oxygen atoms in total. The van der Waals surface area contributed by atoms with E-state index in [2.05, 4.69) is 15.5 Å². The summed E-state index contributed by atoms with van der Waals surface area (Å²) in [6.45, 7) is 2.72. The Hall–Kier alpha value is -3.39. The fourth-order valence-electron chi connectivity index (χ4n) is 3.27. The third kappa shape index (κ3) is 5.82. The Kier molecular flexibility index (Phi) is 6.47. The molecule has 1 aliphatic heterocycles. The highest BCUT2D eigenvalue weighted by Crippen LogP contribution is 2.30. The lowest BCUT2D eigenvalue weighted by Gasteiger charge is -2.28. The molecule has 0 unspecified atom stereocenters. The zero-order valence-electron chi connectivity index (χ0n) is 17.1. The third-order valence-electron chi connectivity index (χ3n) is 5.20. The van der Waals surface area contributed by atoms with Crippen molar-refractivity contribution in [1.29, 1.82) is 0 Å². The molecule has 2 N–H and O–H groups in total. The Morgan fingerprint density at radius 2 is 1.52 bits per heavy atom. The van der Waals surface area contributed by atoms with E-state index < -0.39 is 11.9 Å². The van der Waals surface area contributed by atoms with Gasteiger partial charge in [-0.15, -0.1) is 0 Å². The monoisotopic (exact) mass is 423 g/mol. The van der Waals surface area contributed by atoms with Gasteiger partial charge in [0.2, 0.25) is 5.91 Å². The van der Waals surface area contributed by atoms with Crippen molar-refractivity contribution < 1.29 is 23.9 Å². The third-order valence-corrected chi connectivity index (χ3v) is 5.20. The van der Waals surface area contributed by atoms with Crippen LogP contribution in [0.3, 0.4) is 0 Å². The van der Waals surface area contributed by atoms with E-state index in [-0.39, 0.29) is 18.4 Å². The van der Waals surface area contributed by atoms with Gasteiger partial charge in [0.1, 0.15) is 0 Å². The first kappa shape index (κ1) is 20.9. The number of hydrogen-bond donors (Lipinski definition) is 2. The van der Waals surface area contributed by atoms with Gasteiger partial charge in [-0.05, 0) is 61.4 Å². The van der Waals surface area contributed by atoms with Gasteiger partial charge in [0.05, 0.1) is 18.8 Å². The molecule has 2 amide bonds. The van der Waals surface area contributed by atoms with Gasteiger partial charge in [-0.2, -0.15) is 0 Å². The maximum absolute atomic E-state index is 12.2. The zero-order chi connectivity index (χ0) is 21.6. The summed E-state index contributed by atoms with van der Waals surface area (Å²) >= 11 is 0. The van der Waals surface area contributed by atoms with Crippen molar-refractivity contribution in [2.75, 3.05) is 48.4 Å². The Morgan fingerprint density at radius 1 is 0.903 bits per heavy atom. The highest BCUT2D eigenvalue weighted by Gasteiger charge is 2.29. The van der Waals surface area contributed by atoms with Crippen LogP contribution in [0.25, 0.3) is 0 Å². The molecular formula is C23H25N3O5. The van der Waals surface area contributed by atoms with Crippen molar-refractivity contribution in [3.8, 4) is 0 Å². The van der Waals surface area contributed by atoms with E-state index in [1.54, 1.807) is 24.3 Å². The van der Waals surface area contributed by atoms with Gasteiger partial charge in [0.25, 0.3) is 5.91 Å². The molecule has 0 bridgehead atoms. The van der Waals surface area contributed by atoms with E-state index >= 15 is 0 Å². The Balaban J connectivity index is 1.22. The van der Waals surface area contributed by atoms with Gasteiger partial charge in [0.15, 0.2) is 6.61 Å². The second-order valence-corrected chi connectivity index (χ2v) is 7.61. The lowest BCUT2D eigenvalue weighted by atomic mass is 10.2. The molecular weight excluding hydrogens is 398 g/mol. The lowest BCUT2D eigenvalue weighted by Crippen LogP contribution is -2.36. The minimum atomic E-state index is -0.599. The molecule has 8 heteroatoms. The van der Waals surface area contributed by atoms with Crippen molar-refractivity contribution in [1.82, 2.24) is 0 Å². The normalized spacial score (nSPS) is 15.8. The summed E-state index contributed by atoms with van der Waals surface area (Å²) in [4.78, 5) is 38.3. The molecule has 0 spiro atoms. The fraction of sp³-hybridized carbons (Fsp3) is 0.348. The predicted octanol–water partition coefficient (Wildman–Crippen LogP) is 2.67. The molecule has 31 heavy (non-hydrogen) atoms. The number of nitrogens with one attached hydrogen (secondary N) is 2. The first-order valence-electron chi connectivity index (χ1n) is 10.4. The number of ether oxygens (including phenoxy) is 2. The largest absolute Gasteiger partial charge is 0.452 e. The molecule has 0 radical (unpaired) electrons. The van der Waals surface area contributed by atoms with E-state index in [1.165, 1.54) is 0 Å². The molecule has 2 fully saturated rings. The second kappa shape index (κ2) is 9.61. The quantitative estimate of drug-likeness (QED) is 0.665. The van der Waals surface area contributed by atoms with Crippen LogP contribution >= 0.6 is 0 Å². The van der Waals surface area contributed by atoms with E-state index in [0.29, 0.717) is 30.2 Å². The number of nitrogens with zero attached hydrogens (tertiary/aromatic N) is 1. The van der Waals surface area contributed by atoms with E-state index in [4.69, 9.17) is 9.47 Å². The van der Waals surface area contributed by atoms with Crippen molar-refractivity contribution >= 4 is 34.8 Å². The first-order valence-corrected chi connectivity index (χ1v) is 10.4. The maximum atomic E-state index is 12.2. The van der Waals surface area contributed by atoms with Crippen LogP contribution in [0.5, 0.6) is 0 Å². The highest BCUT2D eigenvalue weighted by molar-refractivity contribution is 5.97. The molecule has 1 saturated carbocycles. The second-order valence-electron chi connectivity index (χ2n) is 7.61. The summed E-state index contributed by atoms with van der Waals surface area (Å²) in [5.41, 5.74) is 2.65. The fourth-order valence-corrected chi connectivity index (χ4v) is 3.27. The summed E-state index contributed by atoms with van der Waals surface area (Å²) in [7, 11) is 0. The van der Waals surface area contributed by atoms with Crippen molar-refractivity contribution in [2.24, 2.45) is 5.92 Å². The lowest BCUT2D eigenvalue weighted by molar-refractivity contribution is -0.119. The summed E-state index contributed by atoms with van der Waals surface area (Å²) < 4.78 is 10.4. The van der Waals surface area contributed by atoms with Crippen LogP contribution < -0.4 is 15.5 Å². The predicted molar refractivity (Wildman–Crippen MR) is 116 cm³/mol. The van der Waals surface area contributed by atoms with Crippen LogP contribution in [0, 0.1) is 5.92 Å². The Labute approximate surface area is 180 Å². The minimum absolute atomic E-state index is 0.00461. The molecule has 2 aromatic rings. The molecule has 0 aromatic heterocycles. The first-order chi connectivity index (χ1) is 15.1. The van der Waals surface area contributed by atoms with Crippen LogP contribution in [0.1, 0.15) is 23.2 Å². The average molecular weight is 423 g/mol. The van der Waals surface area contributed by atoms with Gasteiger partial charge in [-0.3, -0.25) is 9.59 Å². The number of rotatable bonds is 7. The van der Waals surface area contributed by atoms with Crippen molar-refractivity contribution in [3.63, 3.8) is 0 Å². The van der Waals surface area contributed by atoms with E-state index in [0.717, 1.165) is 31.6 Å². The summed E-state index contributed by atoms with van der Waals surface area (Å²) in [5, 5.41) is 5.53. The van der Waals surface area contributed by atoms with Crippen LogP contribution in [0.15, 0.2) is 48.5 Å². The molecule has 4 rings (SSSR count). The number of carbonyl (C=O) groups excluding carboxylic acids is 3. The number of carbonyl (C=O) groups is 3. The molecule has 162 valence electrons. The zero-order valence-corrected chi connectivity index (χ0v) is 17.1. The topological polar surface area (TPSA) is 97.0 Å². The number of esters is 1. The maximum Gasteiger partial charge on any atom is 0.338 e. The number of anilines is 3. The summed E-state index contributed by atoms with van der Waals surface area (Å²) in [5.74, 6) is -0.901. The van der Waals surface area contributed by atoms with Crippen LogP contribution in [-0.2, 0) is 19.1 Å². The number of morpholine rings is 1.